The first-order chi connectivity index (χ1) is 9.51. The molecule has 1 heterocycles. The molecule has 0 aliphatic rings. The van der Waals surface area contributed by atoms with Gasteiger partial charge >= 0.3 is 0 Å². The standard InChI is InChI=1S/C12H13BrN4O3/c1-17-6-9(15-16-17)12(19)14-5-7-3-11(20-2)10(18)4-8(7)13/h3-4,6,18H,5H2,1-2H3,(H,14,19). The Labute approximate surface area is 123 Å². The number of ether oxygens (including phenoxy) is 1. The van der Waals surface area contributed by atoms with Gasteiger partial charge in [-0.3, -0.25) is 9.48 Å². The molecule has 1 amide bonds. The molecule has 0 unspecified atom stereocenters. The topological polar surface area (TPSA) is 89.3 Å². The van der Waals surface area contributed by atoms with E-state index < -0.39 is 0 Å². The first-order valence-corrected chi connectivity index (χ1v) is 6.50. The molecule has 0 spiro atoms. The predicted molar refractivity (Wildman–Crippen MR) is 74.5 cm³/mol. The minimum absolute atomic E-state index is 0.0309. The second-order valence-electron chi connectivity index (χ2n) is 4.08. The number of rotatable bonds is 4. The number of methoxy groups -OCH3 is 1. The Morgan fingerprint density at radius 2 is 2.30 bits per heavy atom. The molecular formula is C12H13BrN4O3. The van der Waals surface area contributed by atoms with Crippen LogP contribution >= 0.6 is 15.9 Å². The van der Waals surface area contributed by atoms with Crippen molar-refractivity contribution in [2.24, 2.45) is 7.05 Å². The number of aryl methyl sites for hydroxylation is 1. The molecule has 8 heteroatoms. The Balaban J connectivity index is 2.09. The monoisotopic (exact) mass is 340 g/mol. The van der Waals surface area contributed by atoms with Gasteiger partial charge in [0.1, 0.15) is 0 Å². The number of benzene rings is 1. The largest absolute Gasteiger partial charge is 0.504 e. The van der Waals surface area contributed by atoms with Gasteiger partial charge in [0, 0.05) is 18.1 Å². The van der Waals surface area contributed by atoms with Crippen LogP contribution < -0.4 is 10.1 Å². The Bertz CT molecular complexity index is 642. The van der Waals surface area contributed by atoms with Gasteiger partial charge in [-0.05, 0) is 17.7 Å². The zero-order valence-corrected chi connectivity index (χ0v) is 12.5. The van der Waals surface area contributed by atoms with Gasteiger partial charge in [-0.1, -0.05) is 21.1 Å². The van der Waals surface area contributed by atoms with Crippen molar-refractivity contribution in [1.82, 2.24) is 20.3 Å². The third-order valence-electron chi connectivity index (χ3n) is 2.62. The van der Waals surface area contributed by atoms with Crippen LogP contribution in [0.3, 0.4) is 0 Å². The second-order valence-corrected chi connectivity index (χ2v) is 4.93. The normalized spacial score (nSPS) is 10.3. The first-order valence-electron chi connectivity index (χ1n) is 5.71. The van der Waals surface area contributed by atoms with Crippen LogP contribution in [-0.4, -0.2) is 33.1 Å². The zero-order valence-electron chi connectivity index (χ0n) is 10.9. The molecule has 7 nitrogen and oxygen atoms in total. The Hall–Kier alpha value is -2.09. The minimum atomic E-state index is -0.322. The molecule has 2 aromatic rings. The van der Waals surface area contributed by atoms with E-state index in [0.29, 0.717) is 10.2 Å². The molecule has 106 valence electrons. The maximum atomic E-state index is 11.8. The number of halogens is 1. The summed E-state index contributed by atoms with van der Waals surface area (Å²) in [6.07, 6.45) is 1.53. The van der Waals surface area contributed by atoms with Crippen LogP contribution in [0.2, 0.25) is 0 Å². The number of nitrogens with zero attached hydrogens (tertiary/aromatic N) is 3. The van der Waals surface area contributed by atoms with Crippen LogP contribution in [0.15, 0.2) is 22.8 Å². The quantitative estimate of drug-likeness (QED) is 0.873. The van der Waals surface area contributed by atoms with Gasteiger partial charge in [-0.2, -0.15) is 0 Å². The smallest absolute Gasteiger partial charge is 0.273 e. The first kappa shape index (κ1) is 14.3. The molecule has 0 saturated heterocycles. The maximum Gasteiger partial charge on any atom is 0.273 e. The molecule has 0 aliphatic heterocycles. The summed E-state index contributed by atoms with van der Waals surface area (Å²) in [5, 5.41) is 19.7. The van der Waals surface area contributed by atoms with Crippen molar-refractivity contribution in [2.75, 3.05) is 7.11 Å². The summed E-state index contributed by atoms with van der Waals surface area (Å²) in [6, 6.07) is 3.17. The summed E-state index contributed by atoms with van der Waals surface area (Å²) in [5.41, 5.74) is 1.02. The SMILES string of the molecule is COc1cc(CNC(=O)c2cn(C)nn2)c(Br)cc1O. The predicted octanol–water partition coefficient (Wildman–Crippen LogP) is 1.22. The Kier molecular flexibility index (Phi) is 4.23. The van der Waals surface area contributed by atoms with Crippen molar-refractivity contribution in [3.05, 3.63) is 34.1 Å². The molecule has 0 aliphatic carbocycles. The van der Waals surface area contributed by atoms with E-state index in [4.69, 9.17) is 4.74 Å². The number of nitrogens with one attached hydrogen (secondary N) is 1. The third kappa shape index (κ3) is 3.08. The Morgan fingerprint density at radius 1 is 1.55 bits per heavy atom. The number of aromatic hydroxyl groups is 1. The lowest BCUT2D eigenvalue weighted by Gasteiger charge is -2.10. The van der Waals surface area contributed by atoms with Gasteiger partial charge in [-0.25, -0.2) is 0 Å². The lowest BCUT2D eigenvalue weighted by Crippen LogP contribution is -2.23. The molecule has 20 heavy (non-hydrogen) atoms. The molecule has 0 atom stereocenters. The Morgan fingerprint density at radius 3 is 2.90 bits per heavy atom. The van der Waals surface area contributed by atoms with Crippen LogP contribution in [-0.2, 0) is 13.6 Å². The van der Waals surface area contributed by atoms with E-state index >= 15 is 0 Å². The molecular weight excluding hydrogens is 328 g/mol. The number of phenols is 1. The van der Waals surface area contributed by atoms with Crippen molar-refractivity contribution in [1.29, 1.82) is 0 Å². The molecule has 2 rings (SSSR count). The van der Waals surface area contributed by atoms with E-state index in [9.17, 15) is 9.90 Å². The highest BCUT2D eigenvalue weighted by atomic mass is 79.9. The molecule has 0 radical (unpaired) electrons. The van der Waals surface area contributed by atoms with Gasteiger partial charge in [0.15, 0.2) is 17.2 Å². The fourth-order valence-electron chi connectivity index (χ4n) is 1.60. The van der Waals surface area contributed by atoms with Gasteiger partial charge in [-0.15, -0.1) is 5.10 Å². The third-order valence-corrected chi connectivity index (χ3v) is 3.36. The number of phenolic OH excluding ortho intramolecular Hbond substituents is 1. The van der Waals surface area contributed by atoms with Crippen LogP contribution in [0.5, 0.6) is 11.5 Å². The van der Waals surface area contributed by atoms with Crippen LogP contribution in [0.1, 0.15) is 16.1 Å². The fraction of sp³-hybridized carbons (Fsp3) is 0.250. The van der Waals surface area contributed by atoms with E-state index in [1.165, 1.54) is 24.1 Å². The maximum absolute atomic E-state index is 11.8. The molecule has 1 aromatic heterocycles. The highest BCUT2D eigenvalue weighted by Crippen LogP contribution is 2.32. The summed E-state index contributed by atoms with van der Waals surface area (Å²) < 4.78 is 7.16. The van der Waals surface area contributed by atoms with E-state index in [2.05, 4.69) is 31.6 Å². The van der Waals surface area contributed by atoms with Crippen molar-refractivity contribution >= 4 is 21.8 Å². The molecule has 1 aromatic carbocycles. The number of hydrogen-bond acceptors (Lipinski definition) is 5. The summed E-state index contributed by atoms with van der Waals surface area (Å²) in [5.74, 6) is 0.0531. The van der Waals surface area contributed by atoms with E-state index in [-0.39, 0.29) is 23.9 Å². The van der Waals surface area contributed by atoms with Gasteiger partial charge in [0.05, 0.1) is 13.3 Å². The summed E-state index contributed by atoms with van der Waals surface area (Å²) in [4.78, 5) is 11.8. The van der Waals surface area contributed by atoms with Crippen molar-refractivity contribution in [2.45, 2.75) is 6.54 Å². The molecule has 0 fully saturated rings. The lowest BCUT2D eigenvalue weighted by molar-refractivity contribution is 0.0945. The van der Waals surface area contributed by atoms with Crippen LogP contribution in [0.4, 0.5) is 0 Å². The molecule has 0 bridgehead atoms. The number of amides is 1. The average molecular weight is 341 g/mol. The number of hydrogen-bond donors (Lipinski definition) is 2. The highest BCUT2D eigenvalue weighted by Gasteiger charge is 2.12. The van der Waals surface area contributed by atoms with Crippen molar-refractivity contribution < 1.29 is 14.6 Å². The van der Waals surface area contributed by atoms with E-state index in [1.54, 1.807) is 13.1 Å². The number of aromatic nitrogens is 3. The summed E-state index contributed by atoms with van der Waals surface area (Å²) in [6.45, 7) is 0.270. The summed E-state index contributed by atoms with van der Waals surface area (Å²) >= 11 is 3.32. The van der Waals surface area contributed by atoms with Crippen LogP contribution in [0.25, 0.3) is 0 Å². The highest BCUT2D eigenvalue weighted by molar-refractivity contribution is 9.10. The van der Waals surface area contributed by atoms with Crippen molar-refractivity contribution in [3.63, 3.8) is 0 Å². The molecule has 0 saturated carbocycles. The fourth-order valence-corrected chi connectivity index (χ4v) is 2.07. The zero-order chi connectivity index (χ0) is 14.7. The molecule has 2 N–H and O–H groups in total. The average Bonchev–Trinajstić information content (AvgIpc) is 2.84. The number of carbonyl (C=O) groups excluding carboxylic acids is 1. The van der Waals surface area contributed by atoms with E-state index in [1.807, 2.05) is 0 Å². The number of carbonyl (C=O) groups is 1. The van der Waals surface area contributed by atoms with Gasteiger partial charge in [0.25, 0.3) is 5.91 Å². The van der Waals surface area contributed by atoms with E-state index in [0.717, 1.165) is 5.56 Å². The van der Waals surface area contributed by atoms with Crippen molar-refractivity contribution in [3.8, 4) is 11.5 Å². The summed E-state index contributed by atoms with van der Waals surface area (Å²) in [7, 11) is 3.15. The van der Waals surface area contributed by atoms with Gasteiger partial charge < -0.3 is 15.2 Å². The van der Waals surface area contributed by atoms with Crippen LogP contribution in [0, 0.1) is 0 Å². The minimum Gasteiger partial charge on any atom is -0.504 e. The lowest BCUT2D eigenvalue weighted by atomic mass is 10.2. The van der Waals surface area contributed by atoms with Gasteiger partial charge in [0.2, 0.25) is 0 Å². The second kappa shape index (κ2) is 5.91.